The SMILES string of the molecule is COC(=O)c1cc(Oc2ccc(F)cc2C)cc(C)c1N. The molecule has 0 aliphatic carbocycles. The molecular weight excluding hydrogens is 273 g/mol. The summed E-state index contributed by atoms with van der Waals surface area (Å²) in [7, 11) is 1.29. The number of anilines is 1. The van der Waals surface area contributed by atoms with Gasteiger partial charge in [0.05, 0.1) is 12.7 Å². The highest BCUT2D eigenvalue weighted by molar-refractivity contribution is 5.96. The number of carbonyl (C=O) groups excluding carboxylic acids is 1. The smallest absolute Gasteiger partial charge is 0.340 e. The normalized spacial score (nSPS) is 10.3. The van der Waals surface area contributed by atoms with Gasteiger partial charge >= 0.3 is 5.97 Å². The number of methoxy groups -OCH3 is 1. The molecule has 21 heavy (non-hydrogen) atoms. The molecule has 0 aromatic heterocycles. The van der Waals surface area contributed by atoms with Gasteiger partial charge in [-0.1, -0.05) is 0 Å². The fourth-order valence-corrected chi connectivity index (χ4v) is 1.96. The van der Waals surface area contributed by atoms with Gasteiger partial charge in [0.25, 0.3) is 0 Å². The third kappa shape index (κ3) is 3.13. The summed E-state index contributed by atoms with van der Waals surface area (Å²) < 4.78 is 23.5. The Morgan fingerprint density at radius 2 is 1.86 bits per heavy atom. The fourth-order valence-electron chi connectivity index (χ4n) is 1.96. The molecule has 4 nitrogen and oxygen atoms in total. The average Bonchev–Trinajstić information content (AvgIpc) is 2.44. The van der Waals surface area contributed by atoms with E-state index in [1.54, 1.807) is 19.9 Å². The highest BCUT2D eigenvalue weighted by Gasteiger charge is 2.15. The summed E-state index contributed by atoms with van der Waals surface area (Å²) in [6.07, 6.45) is 0. The van der Waals surface area contributed by atoms with Gasteiger partial charge in [-0.05, 0) is 55.3 Å². The van der Waals surface area contributed by atoms with Gasteiger partial charge in [0.2, 0.25) is 0 Å². The maximum Gasteiger partial charge on any atom is 0.340 e. The van der Waals surface area contributed by atoms with Crippen molar-refractivity contribution in [3.8, 4) is 11.5 Å². The quantitative estimate of drug-likeness (QED) is 0.692. The zero-order valence-electron chi connectivity index (χ0n) is 12.1. The van der Waals surface area contributed by atoms with Crippen LogP contribution in [0.2, 0.25) is 0 Å². The van der Waals surface area contributed by atoms with Gasteiger partial charge in [-0.3, -0.25) is 0 Å². The predicted molar refractivity (Wildman–Crippen MR) is 78.1 cm³/mol. The van der Waals surface area contributed by atoms with Crippen molar-refractivity contribution in [2.24, 2.45) is 0 Å². The van der Waals surface area contributed by atoms with Crippen LogP contribution in [0, 0.1) is 19.7 Å². The Bertz CT molecular complexity index is 698. The fraction of sp³-hybridized carbons (Fsp3) is 0.188. The van der Waals surface area contributed by atoms with Crippen LogP contribution in [0.1, 0.15) is 21.5 Å². The van der Waals surface area contributed by atoms with Crippen molar-refractivity contribution < 1.29 is 18.7 Å². The van der Waals surface area contributed by atoms with Crippen molar-refractivity contribution in [3.63, 3.8) is 0 Å². The monoisotopic (exact) mass is 289 g/mol. The lowest BCUT2D eigenvalue weighted by atomic mass is 10.1. The van der Waals surface area contributed by atoms with E-state index in [2.05, 4.69) is 0 Å². The zero-order valence-corrected chi connectivity index (χ0v) is 12.1. The van der Waals surface area contributed by atoms with E-state index in [0.717, 1.165) is 0 Å². The first kappa shape index (κ1) is 14.8. The standard InChI is InChI=1S/C16H16FNO3/c1-9-6-11(17)4-5-14(9)21-12-7-10(2)15(18)13(8-12)16(19)20-3/h4-8H,18H2,1-3H3. The maximum absolute atomic E-state index is 13.1. The van der Waals surface area contributed by atoms with Gasteiger partial charge in [-0.25, -0.2) is 9.18 Å². The molecular formula is C16H16FNO3. The second-order valence-corrected chi connectivity index (χ2v) is 4.70. The lowest BCUT2D eigenvalue weighted by Crippen LogP contribution is -2.07. The topological polar surface area (TPSA) is 61.5 Å². The van der Waals surface area contributed by atoms with Crippen LogP contribution in [0.5, 0.6) is 11.5 Å². The number of halogens is 1. The number of esters is 1. The lowest BCUT2D eigenvalue weighted by Gasteiger charge is -2.13. The largest absolute Gasteiger partial charge is 0.465 e. The molecule has 0 atom stereocenters. The number of carbonyl (C=O) groups is 1. The summed E-state index contributed by atoms with van der Waals surface area (Å²) in [4.78, 5) is 11.7. The molecule has 0 saturated heterocycles. The number of nitrogens with two attached hydrogens (primary N) is 1. The third-order valence-corrected chi connectivity index (χ3v) is 3.13. The first-order chi connectivity index (χ1) is 9.92. The summed E-state index contributed by atoms with van der Waals surface area (Å²) in [5.41, 5.74) is 7.82. The predicted octanol–water partition coefficient (Wildman–Crippen LogP) is 3.60. The number of aryl methyl sites for hydroxylation is 2. The van der Waals surface area contributed by atoms with Gasteiger partial charge in [0.1, 0.15) is 17.3 Å². The van der Waals surface area contributed by atoms with Crippen molar-refractivity contribution in [2.45, 2.75) is 13.8 Å². The van der Waals surface area contributed by atoms with Crippen LogP contribution in [-0.4, -0.2) is 13.1 Å². The number of hydrogen-bond acceptors (Lipinski definition) is 4. The van der Waals surface area contributed by atoms with Crippen LogP contribution in [0.3, 0.4) is 0 Å². The van der Waals surface area contributed by atoms with Crippen LogP contribution in [-0.2, 0) is 4.74 Å². The molecule has 0 radical (unpaired) electrons. The van der Waals surface area contributed by atoms with E-state index in [-0.39, 0.29) is 11.4 Å². The lowest BCUT2D eigenvalue weighted by molar-refractivity contribution is 0.0601. The highest BCUT2D eigenvalue weighted by Crippen LogP contribution is 2.30. The summed E-state index contributed by atoms with van der Waals surface area (Å²) in [6, 6.07) is 7.45. The molecule has 0 aliphatic rings. The van der Waals surface area contributed by atoms with Crippen LogP contribution < -0.4 is 10.5 Å². The first-order valence-corrected chi connectivity index (χ1v) is 6.35. The zero-order chi connectivity index (χ0) is 15.6. The molecule has 0 fully saturated rings. The van der Waals surface area contributed by atoms with Gasteiger partial charge in [0.15, 0.2) is 0 Å². The molecule has 0 amide bonds. The summed E-state index contributed by atoms with van der Waals surface area (Å²) >= 11 is 0. The Balaban J connectivity index is 2.40. The number of rotatable bonds is 3. The van der Waals surface area contributed by atoms with E-state index < -0.39 is 5.97 Å². The van der Waals surface area contributed by atoms with E-state index in [1.165, 1.54) is 31.4 Å². The van der Waals surface area contributed by atoms with Gasteiger partial charge in [-0.2, -0.15) is 0 Å². The Morgan fingerprint density at radius 3 is 2.48 bits per heavy atom. The minimum Gasteiger partial charge on any atom is -0.465 e. The molecule has 2 aromatic carbocycles. The second-order valence-electron chi connectivity index (χ2n) is 4.70. The average molecular weight is 289 g/mol. The van der Waals surface area contributed by atoms with Crippen molar-refractivity contribution in [1.82, 2.24) is 0 Å². The van der Waals surface area contributed by atoms with E-state index >= 15 is 0 Å². The van der Waals surface area contributed by atoms with Crippen molar-refractivity contribution in [2.75, 3.05) is 12.8 Å². The Kier molecular flexibility index (Phi) is 4.12. The molecule has 2 N–H and O–H groups in total. The molecule has 0 unspecified atom stereocenters. The minimum atomic E-state index is -0.531. The van der Waals surface area contributed by atoms with Gasteiger partial charge in [0, 0.05) is 5.69 Å². The van der Waals surface area contributed by atoms with E-state index in [4.69, 9.17) is 15.2 Å². The number of ether oxygens (including phenoxy) is 2. The van der Waals surface area contributed by atoms with Crippen LogP contribution in [0.25, 0.3) is 0 Å². The Hall–Kier alpha value is -2.56. The van der Waals surface area contributed by atoms with E-state index in [1.807, 2.05) is 0 Å². The van der Waals surface area contributed by atoms with Crippen molar-refractivity contribution in [3.05, 3.63) is 52.8 Å². The molecule has 2 rings (SSSR count). The molecule has 0 aliphatic heterocycles. The van der Waals surface area contributed by atoms with E-state index in [0.29, 0.717) is 28.3 Å². The summed E-state index contributed by atoms with van der Waals surface area (Å²) in [5, 5.41) is 0. The number of hydrogen-bond donors (Lipinski definition) is 1. The molecule has 0 saturated carbocycles. The Morgan fingerprint density at radius 1 is 1.14 bits per heavy atom. The van der Waals surface area contributed by atoms with Crippen LogP contribution in [0.15, 0.2) is 30.3 Å². The highest BCUT2D eigenvalue weighted by atomic mass is 19.1. The summed E-state index contributed by atoms with van der Waals surface area (Å²) in [5.74, 6) is 0.0914. The maximum atomic E-state index is 13.1. The molecule has 2 aromatic rings. The molecule has 110 valence electrons. The number of nitrogen functional groups attached to an aromatic ring is 1. The van der Waals surface area contributed by atoms with Crippen LogP contribution >= 0.6 is 0 Å². The third-order valence-electron chi connectivity index (χ3n) is 3.13. The molecule has 0 bridgehead atoms. The van der Waals surface area contributed by atoms with Gasteiger partial charge < -0.3 is 15.2 Å². The van der Waals surface area contributed by atoms with Gasteiger partial charge in [-0.15, -0.1) is 0 Å². The van der Waals surface area contributed by atoms with E-state index in [9.17, 15) is 9.18 Å². The van der Waals surface area contributed by atoms with Crippen molar-refractivity contribution >= 4 is 11.7 Å². The second kappa shape index (κ2) is 5.83. The molecule has 0 spiro atoms. The Labute approximate surface area is 122 Å². The minimum absolute atomic E-state index is 0.243. The first-order valence-electron chi connectivity index (χ1n) is 6.35. The molecule has 0 heterocycles. The van der Waals surface area contributed by atoms with Crippen molar-refractivity contribution in [1.29, 1.82) is 0 Å². The van der Waals surface area contributed by atoms with Crippen LogP contribution in [0.4, 0.5) is 10.1 Å². The molecule has 5 heteroatoms. The number of benzene rings is 2. The summed E-state index contributed by atoms with van der Waals surface area (Å²) in [6.45, 7) is 3.51.